The Morgan fingerprint density at radius 2 is 1.58 bits per heavy atom. The van der Waals surface area contributed by atoms with Crippen molar-refractivity contribution in [3.63, 3.8) is 0 Å². The van der Waals surface area contributed by atoms with Crippen LogP contribution in [-0.2, 0) is 0 Å². The molecule has 0 aromatic carbocycles. The minimum atomic E-state index is -0.478. The molecule has 0 bridgehead atoms. The summed E-state index contributed by atoms with van der Waals surface area (Å²) in [5, 5.41) is 19.7. The zero-order chi connectivity index (χ0) is 23.3. The predicted molar refractivity (Wildman–Crippen MR) is 134 cm³/mol. The van der Waals surface area contributed by atoms with Crippen molar-refractivity contribution in [3.8, 4) is 0 Å². The van der Waals surface area contributed by atoms with Gasteiger partial charge in [0.1, 0.15) is 0 Å². The molecule has 4 aliphatic rings. The summed E-state index contributed by atoms with van der Waals surface area (Å²) in [6.07, 6.45) is 17.5. The normalized spacial score (nSPS) is 43.2. The van der Waals surface area contributed by atoms with Crippen molar-refractivity contribution < 1.29 is 10.2 Å². The molecule has 182 valence electrons. The summed E-state index contributed by atoms with van der Waals surface area (Å²) >= 11 is 0. The van der Waals surface area contributed by atoms with Crippen molar-refractivity contribution in [1.82, 2.24) is 0 Å². The Bertz CT molecular complexity index is 579. The summed E-state index contributed by atoms with van der Waals surface area (Å²) in [6.45, 7) is 15.6. The second-order valence-electron chi connectivity index (χ2n) is 11.3. The minimum absolute atomic E-state index is 0.353. The lowest BCUT2D eigenvalue weighted by Crippen LogP contribution is -2.51. The van der Waals surface area contributed by atoms with E-state index in [9.17, 15) is 5.11 Å². The molecular formula is C29H54O2. The van der Waals surface area contributed by atoms with E-state index in [1.807, 2.05) is 34.6 Å². The zero-order valence-electron chi connectivity index (χ0n) is 22.0. The van der Waals surface area contributed by atoms with Gasteiger partial charge in [0.25, 0.3) is 0 Å². The molecule has 4 rings (SSSR count). The molecule has 3 fully saturated rings. The second-order valence-corrected chi connectivity index (χ2v) is 11.3. The van der Waals surface area contributed by atoms with Gasteiger partial charge in [-0.3, -0.25) is 0 Å². The van der Waals surface area contributed by atoms with E-state index in [1.165, 1.54) is 57.8 Å². The molecule has 3 saturated carbocycles. The molecule has 2 heteroatoms. The van der Waals surface area contributed by atoms with Gasteiger partial charge in [-0.2, -0.15) is 0 Å². The van der Waals surface area contributed by atoms with E-state index in [4.69, 9.17) is 5.11 Å². The molecule has 7 atom stereocenters. The fourth-order valence-electron chi connectivity index (χ4n) is 8.07. The third-order valence-electron chi connectivity index (χ3n) is 9.79. The van der Waals surface area contributed by atoms with Gasteiger partial charge in [0, 0.05) is 6.61 Å². The summed E-state index contributed by atoms with van der Waals surface area (Å²) in [4.78, 5) is 0. The lowest BCUT2D eigenvalue weighted by molar-refractivity contribution is -0.0661. The number of fused-ring (bicyclic) bond motifs is 5. The second kappa shape index (κ2) is 11.2. The third-order valence-corrected chi connectivity index (χ3v) is 9.79. The summed E-state index contributed by atoms with van der Waals surface area (Å²) in [6, 6.07) is 0. The Labute approximate surface area is 194 Å². The maximum absolute atomic E-state index is 10.6. The van der Waals surface area contributed by atoms with Crippen molar-refractivity contribution in [2.75, 3.05) is 6.61 Å². The number of hydrogen-bond donors (Lipinski definition) is 2. The fraction of sp³-hybridized carbons (Fsp3) is 0.931. The summed E-state index contributed by atoms with van der Waals surface area (Å²) in [5.74, 6) is 3.55. The zero-order valence-corrected chi connectivity index (χ0v) is 22.0. The predicted octanol–water partition coefficient (Wildman–Crippen LogP) is 7.92. The van der Waals surface area contributed by atoms with Gasteiger partial charge in [-0.15, -0.1) is 0 Å². The van der Waals surface area contributed by atoms with E-state index < -0.39 is 5.60 Å². The number of hydrogen-bond acceptors (Lipinski definition) is 2. The lowest BCUT2D eigenvalue weighted by atomic mass is 9.46. The molecule has 0 aromatic rings. The van der Waals surface area contributed by atoms with Crippen molar-refractivity contribution in [1.29, 1.82) is 0 Å². The van der Waals surface area contributed by atoms with Crippen LogP contribution >= 0.6 is 0 Å². The topological polar surface area (TPSA) is 40.5 Å². The SMILES string of the molecule is CC.CC.CC12CC[C@](C)(O)CC1=CCC1C2CCC2(C)C(CCCCCO)CCC12. The number of rotatable bonds is 5. The summed E-state index contributed by atoms with van der Waals surface area (Å²) < 4.78 is 0. The third kappa shape index (κ3) is 5.26. The molecule has 0 radical (unpaired) electrons. The molecular weight excluding hydrogens is 380 g/mol. The number of aliphatic hydroxyl groups excluding tert-OH is 1. The van der Waals surface area contributed by atoms with Gasteiger partial charge in [0.05, 0.1) is 5.60 Å². The molecule has 0 aliphatic heterocycles. The van der Waals surface area contributed by atoms with Crippen molar-refractivity contribution >= 4 is 0 Å². The first-order valence-electron chi connectivity index (χ1n) is 13.8. The van der Waals surface area contributed by atoms with E-state index in [1.54, 1.807) is 5.57 Å². The van der Waals surface area contributed by atoms with Crippen LogP contribution in [0.5, 0.6) is 0 Å². The quantitative estimate of drug-likeness (QED) is 0.341. The van der Waals surface area contributed by atoms with Crippen molar-refractivity contribution in [2.45, 2.75) is 131 Å². The van der Waals surface area contributed by atoms with Gasteiger partial charge >= 0.3 is 0 Å². The molecule has 0 heterocycles. The van der Waals surface area contributed by atoms with Crippen LogP contribution < -0.4 is 0 Å². The van der Waals surface area contributed by atoms with Crippen LogP contribution in [0.25, 0.3) is 0 Å². The first kappa shape index (κ1) is 26.9. The van der Waals surface area contributed by atoms with Crippen LogP contribution in [0.4, 0.5) is 0 Å². The van der Waals surface area contributed by atoms with Gasteiger partial charge in [0.2, 0.25) is 0 Å². The van der Waals surface area contributed by atoms with E-state index in [0.717, 1.165) is 42.9 Å². The molecule has 0 amide bonds. The molecule has 2 nitrogen and oxygen atoms in total. The van der Waals surface area contributed by atoms with Gasteiger partial charge in [-0.1, -0.05) is 66.0 Å². The highest BCUT2D eigenvalue weighted by atomic mass is 16.3. The monoisotopic (exact) mass is 434 g/mol. The van der Waals surface area contributed by atoms with Gasteiger partial charge in [-0.25, -0.2) is 0 Å². The van der Waals surface area contributed by atoms with Gasteiger partial charge in [-0.05, 0) is 106 Å². The first-order valence-corrected chi connectivity index (χ1v) is 13.8. The Kier molecular flexibility index (Phi) is 9.71. The molecule has 0 spiro atoms. The number of aliphatic hydroxyl groups is 2. The van der Waals surface area contributed by atoms with Crippen molar-refractivity contribution in [2.24, 2.45) is 34.5 Å². The molecule has 0 saturated heterocycles. The maximum atomic E-state index is 10.6. The molecule has 4 aliphatic carbocycles. The number of allylic oxidation sites excluding steroid dienone is 1. The van der Waals surface area contributed by atoms with E-state index in [2.05, 4.69) is 19.9 Å². The van der Waals surface area contributed by atoms with Gasteiger partial charge < -0.3 is 10.2 Å². The van der Waals surface area contributed by atoms with Crippen LogP contribution in [0, 0.1) is 34.5 Å². The van der Waals surface area contributed by atoms with E-state index in [0.29, 0.717) is 17.4 Å². The van der Waals surface area contributed by atoms with E-state index >= 15 is 0 Å². The Morgan fingerprint density at radius 1 is 0.871 bits per heavy atom. The van der Waals surface area contributed by atoms with Gasteiger partial charge in [0.15, 0.2) is 0 Å². The van der Waals surface area contributed by atoms with Crippen LogP contribution in [0.1, 0.15) is 126 Å². The molecule has 31 heavy (non-hydrogen) atoms. The van der Waals surface area contributed by atoms with Crippen LogP contribution in [0.2, 0.25) is 0 Å². The Hall–Kier alpha value is -0.340. The largest absolute Gasteiger partial charge is 0.396 e. The standard InChI is InChI=1S/C25H42O2.2C2H6/c1-23(27)14-15-25(3)19(17-23)8-10-20-21-11-9-18(7-5-4-6-16-26)24(21,2)13-12-22(20)25;2*1-2/h8,18,20-22,26-27H,4-7,9-17H2,1-3H3;2*1-2H3/t18?,20?,21?,22?,23-,24?,25?;;/m0../s1. The average Bonchev–Trinajstić information content (AvgIpc) is 3.11. The Morgan fingerprint density at radius 3 is 2.26 bits per heavy atom. The van der Waals surface area contributed by atoms with Crippen LogP contribution in [0.3, 0.4) is 0 Å². The maximum Gasteiger partial charge on any atom is 0.0657 e. The van der Waals surface area contributed by atoms with E-state index in [-0.39, 0.29) is 0 Å². The minimum Gasteiger partial charge on any atom is -0.396 e. The smallest absolute Gasteiger partial charge is 0.0657 e. The van der Waals surface area contributed by atoms with Crippen LogP contribution in [0.15, 0.2) is 11.6 Å². The number of unbranched alkanes of at least 4 members (excludes halogenated alkanes) is 2. The molecule has 2 N–H and O–H groups in total. The summed E-state index contributed by atoms with van der Waals surface area (Å²) in [7, 11) is 0. The molecule has 0 aromatic heterocycles. The summed E-state index contributed by atoms with van der Waals surface area (Å²) in [5.41, 5.74) is 2.02. The fourth-order valence-corrected chi connectivity index (χ4v) is 8.07. The molecule has 6 unspecified atom stereocenters. The first-order chi connectivity index (χ1) is 14.8. The van der Waals surface area contributed by atoms with Crippen molar-refractivity contribution in [3.05, 3.63) is 11.6 Å². The highest BCUT2D eigenvalue weighted by Crippen LogP contribution is 2.67. The Balaban J connectivity index is 0.000000807. The highest BCUT2D eigenvalue weighted by Gasteiger charge is 2.58. The lowest BCUT2D eigenvalue weighted by Gasteiger charge is -2.59. The van der Waals surface area contributed by atoms with Crippen LogP contribution in [-0.4, -0.2) is 22.4 Å². The average molecular weight is 435 g/mol. The highest BCUT2D eigenvalue weighted by molar-refractivity contribution is 5.26.